The highest BCUT2D eigenvalue weighted by molar-refractivity contribution is 5.82. The minimum atomic E-state index is -1.67. The summed E-state index contributed by atoms with van der Waals surface area (Å²) in [5, 5.41) is 40.7. The van der Waals surface area contributed by atoms with Crippen LogP contribution in [0.1, 0.15) is 44.2 Å². The van der Waals surface area contributed by atoms with E-state index in [2.05, 4.69) is 10.2 Å². The van der Waals surface area contributed by atoms with E-state index in [1.807, 2.05) is 30.3 Å². The molecule has 2 heterocycles. The molecule has 0 aromatic heterocycles. The highest BCUT2D eigenvalue weighted by atomic mass is 16.6. The average molecular weight is 494 g/mol. The van der Waals surface area contributed by atoms with Crippen LogP contribution in [0, 0.1) is 26.9 Å². The second-order valence-electron chi connectivity index (χ2n) is 10.4. The van der Waals surface area contributed by atoms with Crippen molar-refractivity contribution in [1.82, 2.24) is 10.2 Å². The summed E-state index contributed by atoms with van der Waals surface area (Å²) in [5.41, 5.74) is -2.16. The lowest BCUT2D eigenvalue weighted by atomic mass is 9.48. The molecule has 6 atom stereocenters. The molecule has 2 aromatic rings. The van der Waals surface area contributed by atoms with Crippen molar-refractivity contribution in [3.8, 4) is 0 Å². The van der Waals surface area contributed by atoms with Crippen molar-refractivity contribution in [2.75, 3.05) is 13.1 Å². The van der Waals surface area contributed by atoms with Crippen LogP contribution in [0.15, 0.2) is 54.6 Å². The SMILES string of the molecule is CC1N[C@@H](C)C(C(=O)[O-])([C@@H]2CCN(Cc3ccccc3)C2)C(c2cccc([N+](=O)[O-])c2)C1(C)C(=O)[O-]. The van der Waals surface area contributed by atoms with E-state index in [0.29, 0.717) is 31.6 Å². The van der Waals surface area contributed by atoms with Gasteiger partial charge in [0, 0.05) is 60.0 Å². The summed E-state index contributed by atoms with van der Waals surface area (Å²) in [5.74, 6) is -4.34. The van der Waals surface area contributed by atoms with Gasteiger partial charge in [0.25, 0.3) is 5.69 Å². The van der Waals surface area contributed by atoms with Gasteiger partial charge in [-0.3, -0.25) is 15.0 Å². The number of nitro benzene ring substituents is 1. The number of benzene rings is 2. The van der Waals surface area contributed by atoms with Gasteiger partial charge in [-0.2, -0.15) is 0 Å². The van der Waals surface area contributed by atoms with Crippen LogP contribution in [0.5, 0.6) is 0 Å². The van der Waals surface area contributed by atoms with E-state index in [0.717, 1.165) is 5.56 Å². The van der Waals surface area contributed by atoms with E-state index in [4.69, 9.17) is 0 Å². The lowest BCUT2D eigenvalue weighted by molar-refractivity contribution is -0.385. The second kappa shape index (κ2) is 9.63. The standard InChI is InChI=1S/C27H33N3O6/c1-17-26(3,24(31)32)23(20-10-7-11-22(14-20)30(35)36)27(25(33)34,18(2)28-17)21-12-13-29(16-21)15-19-8-5-4-6-9-19/h4-11,14,17-18,21,23,28H,12-13,15-16H2,1-3H3,(H,31,32)(H,33,34)/p-2/t17?,18-,21+,23?,26?,27?/m0/s1. The molecule has 192 valence electrons. The van der Waals surface area contributed by atoms with Crippen molar-refractivity contribution in [3.63, 3.8) is 0 Å². The van der Waals surface area contributed by atoms with Crippen molar-refractivity contribution in [3.05, 3.63) is 75.8 Å². The van der Waals surface area contributed by atoms with Crippen LogP contribution in [0.2, 0.25) is 0 Å². The smallest absolute Gasteiger partial charge is 0.269 e. The first-order chi connectivity index (χ1) is 17.0. The van der Waals surface area contributed by atoms with E-state index >= 15 is 0 Å². The lowest BCUT2D eigenvalue weighted by Crippen LogP contribution is -2.74. The third kappa shape index (κ3) is 4.06. The van der Waals surface area contributed by atoms with Crippen LogP contribution >= 0.6 is 0 Å². The second-order valence-corrected chi connectivity index (χ2v) is 10.4. The van der Waals surface area contributed by atoms with Crippen LogP contribution in [0.25, 0.3) is 0 Å². The molecule has 2 fully saturated rings. The summed E-state index contributed by atoms with van der Waals surface area (Å²) in [7, 11) is 0. The van der Waals surface area contributed by atoms with Crippen molar-refractivity contribution in [2.24, 2.45) is 16.7 Å². The number of carbonyl (C=O) groups is 2. The summed E-state index contributed by atoms with van der Waals surface area (Å²) in [6, 6.07) is 14.2. The summed E-state index contributed by atoms with van der Waals surface area (Å²) in [6.45, 7) is 6.61. The molecule has 9 nitrogen and oxygen atoms in total. The van der Waals surface area contributed by atoms with Crippen molar-refractivity contribution in [2.45, 2.75) is 51.7 Å². The highest BCUT2D eigenvalue weighted by Crippen LogP contribution is 2.59. The molecule has 4 unspecified atom stereocenters. The molecular formula is C27H31N3O6-2. The Morgan fingerprint density at radius 2 is 1.75 bits per heavy atom. The molecule has 9 heteroatoms. The van der Waals surface area contributed by atoms with E-state index in [-0.39, 0.29) is 5.69 Å². The number of hydrogen-bond acceptors (Lipinski definition) is 8. The van der Waals surface area contributed by atoms with Gasteiger partial charge in [0.15, 0.2) is 0 Å². The van der Waals surface area contributed by atoms with Gasteiger partial charge in [-0.15, -0.1) is 0 Å². The Morgan fingerprint density at radius 1 is 1.06 bits per heavy atom. The van der Waals surface area contributed by atoms with Gasteiger partial charge >= 0.3 is 0 Å². The van der Waals surface area contributed by atoms with Gasteiger partial charge in [0.1, 0.15) is 0 Å². The van der Waals surface area contributed by atoms with Crippen LogP contribution in [0.4, 0.5) is 5.69 Å². The summed E-state index contributed by atoms with van der Waals surface area (Å²) < 4.78 is 0. The Labute approximate surface area is 210 Å². The number of carboxylic acids is 2. The Bertz CT molecular complexity index is 1160. The quantitative estimate of drug-likeness (QED) is 0.446. The molecule has 0 bridgehead atoms. The van der Waals surface area contributed by atoms with Gasteiger partial charge < -0.3 is 25.1 Å². The van der Waals surface area contributed by atoms with Gasteiger partial charge in [-0.05, 0) is 43.9 Å². The third-order valence-electron chi connectivity index (χ3n) is 8.60. The molecule has 2 aliphatic heterocycles. The monoisotopic (exact) mass is 493 g/mol. The van der Waals surface area contributed by atoms with Crippen molar-refractivity contribution >= 4 is 17.6 Å². The molecular weight excluding hydrogens is 462 g/mol. The number of likely N-dealkylation sites (tertiary alicyclic amines) is 1. The highest BCUT2D eigenvalue weighted by Gasteiger charge is 2.63. The Hall–Kier alpha value is -3.30. The van der Waals surface area contributed by atoms with E-state index < -0.39 is 51.6 Å². The summed E-state index contributed by atoms with van der Waals surface area (Å²) in [4.78, 5) is 39.1. The fourth-order valence-corrected chi connectivity index (χ4v) is 6.68. The fourth-order valence-electron chi connectivity index (χ4n) is 6.68. The van der Waals surface area contributed by atoms with Crippen LogP contribution in [-0.2, 0) is 16.1 Å². The van der Waals surface area contributed by atoms with E-state index in [1.54, 1.807) is 19.9 Å². The molecule has 36 heavy (non-hydrogen) atoms. The molecule has 4 rings (SSSR count). The predicted octanol–water partition coefficient (Wildman–Crippen LogP) is 1.07. The van der Waals surface area contributed by atoms with Gasteiger partial charge in [-0.1, -0.05) is 49.4 Å². The number of hydrogen-bond donors (Lipinski definition) is 1. The van der Waals surface area contributed by atoms with Crippen molar-refractivity contribution in [1.29, 1.82) is 0 Å². The minimum absolute atomic E-state index is 0.226. The predicted molar refractivity (Wildman–Crippen MR) is 128 cm³/mol. The lowest BCUT2D eigenvalue weighted by Gasteiger charge is -2.62. The topological polar surface area (TPSA) is 139 Å². The molecule has 0 aliphatic carbocycles. The number of nitro groups is 1. The minimum Gasteiger partial charge on any atom is -0.549 e. The Morgan fingerprint density at radius 3 is 2.36 bits per heavy atom. The summed E-state index contributed by atoms with van der Waals surface area (Å²) >= 11 is 0. The zero-order valence-electron chi connectivity index (χ0n) is 20.7. The normalized spacial score (nSPS) is 32.8. The Balaban J connectivity index is 1.85. The maximum atomic E-state index is 13.2. The van der Waals surface area contributed by atoms with Crippen molar-refractivity contribution < 1.29 is 24.7 Å². The first-order valence-corrected chi connectivity index (χ1v) is 12.2. The molecule has 0 amide bonds. The zero-order chi connectivity index (χ0) is 26.3. The maximum Gasteiger partial charge on any atom is 0.269 e. The first kappa shape index (κ1) is 25.8. The number of nitrogens with zero attached hydrogens (tertiary/aromatic N) is 2. The maximum absolute atomic E-state index is 13.2. The summed E-state index contributed by atoms with van der Waals surface area (Å²) in [6.07, 6.45) is 0.524. The Kier molecular flexibility index (Phi) is 6.90. The number of carbonyl (C=O) groups excluding carboxylic acids is 2. The number of piperidine rings is 1. The molecule has 0 spiro atoms. The number of rotatable bonds is 7. The van der Waals surface area contributed by atoms with E-state index in [1.165, 1.54) is 25.1 Å². The largest absolute Gasteiger partial charge is 0.549 e. The molecule has 1 N–H and O–H groups in total. The molecule has 0 saturated carbocycles. The van der Waals surface area contributed by atoms with Crippen LogP contribution < -0.4 is 15.5 Å². The van der Waals surface area contributed by atoms with Crippen LogP contribution in [0.3, 0.4) is 0 Å². The van der Waals surface area contributed by atoms with Gasteiger partial charge in [-0.25, -0.2) is 0 Å². The molecule has 2 aliphatic rings. The molecule has 2 saturated heterocycles. The average Bonchev–Trinajstić information content (AvgIpc) is 3.30. The number of non-ortho nitro benzene ring substituents is 1. The number of nitrogens with one attached hydrogen (secondary N) is 1. The van der Waals surface area contributed by atoms with Gasteiger partial charge in [0.05, 0.1) is 10.9 Å². The van der Waals surface area contributed by atoms with E-state index in [9.17, 15) is 29.9 Å². The first-order valence-electron chi connectivity index (χ1n) is 12.2. The van der Waals surface area contributed by atoms with Gasteiger partial charge in [0.2, 0.25) is 0 Å². The molecule has 0 radical (unpaired) electrons. The zero-order valence-corrected chi connectivity index (χ0v) is 20.7. The van der Waals surface area contributed by atoms with Crippen LogP contribution in [-0.4, -0.2) is 46.9 Å². The molecule has 2 aromatic carbocycles. The number of carboxylic acid groups (broad SMARTS) is 2. The fraction of sp³-hybridized carbons (Fsp3) is 0.481. The number of aliphatic carboxylic acids is 2. The third-order valence-corrected chi connectivity index (χ3v) is 8.60.